The number of rotatable bonds is 3. The first kappa shape index (κ1) is 12.5. The normalized spacial score (nSPS) is 10.9. The van der Waals surface area contributed by atoms with Gasteiger partial charge in [-0.3, -0.25) is 9.48 Å². The van der Waals surface area contributed by atoms with Gasteiger partial charge in [-0.05, 0) is 12.1 Å². The molecule has 0 radical (unpaired) electrons. The molecule has 2 aromatic heterocycles. The van der Waals surface area contributed by atoms with Gasteiger partial charge in [-0.25, -0.2) is 0 Å². The zero-order chi connectivity index (χ0) is 14.1. The Labute approximate surface area is 116 Å². The fourth-order valence-corrected chi connectivity index (χ4v) is 2.34. The van der Waals surface area contributed by atoms with Crippen LogP contribution in [-0.4, -0.2) is 20.3 Å². The summed E-state index contributed by atoms with van der Waals surface area (Å²) in [6, 6.07) is 9.87. The van der Waals surface area contributed by atoms with Crippen molar-refractivity contribution in [2.24, 2.45) is 14.1 Å². The maximum Gasteiger partial charge on any atom is 0.268 e. The van der Waals surface area contributed by atoms with Crippen molar-refractivity contribution in [1.29, 1.82) is 0 Å². The fraction of sp³-hybridized carbons (Fsp3) is 0.200. The minimum atomic E-state index is -0.0763. The molecule has 20 heavy (non-hydrogen) atoms. The number of carbonyl (C=O) groups excluding carboxylic acids is 1. The Morgan fingerprint density at radius 3 is 2.80 bits per heavy atom. The molecule has 2 heterocycles. The highest BCUT2D eigenvalue weighted by Gasteiger charge is 2.12. The molecule has 0 atom stereocenters. The van der Waals surface area contributed by atoms with E-state index >= 15 is 0 Å². The molecule has 0 bridgehead atoms. The van der Waals surface area contributed by atoms with E-state index in [0.717, 1.165) is 16.5 Å². The van der Waals surface area contributed by atoms with Gasteiger partial charge >= 0.3 is 0 Å². The van der Waals surface area contributed by atoms with Crippen molar-refractivity contribution in [2.75, 3.05) is 0 Å². The van der Waals surface area contributed by atoms with E-state index in [2.05, 4.69) is 10.4 Å². The summed E-state index contributed by atoms with van der Waals surface area (Å²) in [5.41, 5.74) is 2.70. The maximum atomic E-state index is 12.3. The summed E-state index contributed by atoms with van der Waals surface area (Å²) in [6.07, 6.45) is 3.64. The summed E-state index contributed by atoms with van der Waals surface area (Å²) in [6.45, 7) is 0.480. The summed E-state index contributed by atoms with van der Waals surface area (Å²) in [7, 11) is 3.76. The van der Waals surface area contributed by atoms with Crippen LogP contribution in [0, 0.1) is 0 Å². The van der Waals surface area contributed by atoms with Crippen LogP contribution in [0.25, 0.3) is 10.9 Å². The van der Waals surface area contributed by atoms with Gasteiger partial charge in [0.05, 0.1) is 6.20 Å². The molecular formula is C15H16N4O. The molecule has 0 aliphatic heterocycles. The lowest BCUT2D eigenvalue weighted by molar-refractivity contribution is 0.0943. The third-order valence-electron chi connectivity index (χ3n) is 3.40. The minimum absolute atomic E-state index is 0.0763. The number of fused-ring (bicyclic) bond motifs is 1. The predicted octanol–water partition coefficient (Wildman–Crippen LogP) is 1.84. The van der Waals surface area contributed by atoms with Gasteiger partial charge in [0.1, 0.15) is 5.69 Å². The van der Waals surface area contributed by atoms with Crippen molar-refractivity contribution in [3.63, 3.8) is 0 Å². The van der Waals surface area contributed by atoms with Crippen LogP contribution < -0.4 is 5.32 Å². The standard InChI is InChI=1S/C15H16N4O/c1-18-10-11(9-17-18)8-16-15(20)14-7-12-5-3-4-6-13(12)19(14)2/h3-7,9-10H,8H2,1-2H3,(H,16,20). The number of benzene rings is 1. The van der Waals surface area contributed by atoms with Crippen molar-refractivity contribution in [3.8, 4) is 0 Å². The highest BCUT2D eigenvalue weighted by molar-refractivity contribution is 5.98. The molecule has 3 rings (SSSR count). The lowest BCUT2D eigenvalue weighted by Crippen LogP contribution is -2.24. The maximum absolute atomic E-state index is 12.3. The van der Waals surface area contributed by atoms with E-state index in [-0.39, 0.29) is 5.91 Å². The molecule has 102 valence electrons. The van der Waals surface area contributed by atoms with Crippen LogP contribution in [-0.2, 0) is 20.6 Å². The van der Waals surface area contributed by atoms with Crippen LogP contribution in [0.15, 0.2) is 42.7 Å². The summed E-state index contributed by atoms with van der Waals surface area (Å²) in [4.78, 5) is 12.3. The number of carbonyl (C=O) groups is 1. The number of nitrogens with one attached hydrogen (secondary N) is 1. The Morgan fingerprint density at radius 2 is 2.10 bits per heavy atom. The second-order valence-corrected chi connectivity index (χ2v) is 4.85. The molecule has 0 saturated heterocycles. The Morgan fingerprint density at radius 1 is 1.30 bits per heavy atom. The van der Waals surface area contributed by atoms with Gasteiger partial charge in [0, 0.05) is 43.3 Å². The number of hydrogen-bond donors (Lipinski definition) is 1. The summed E-state index contributed by atoms with van der Waals surface area (Å²) in [5.74, 6) is -0.0763. The Kier molecular flexibility index (Phi) is 3.02. The van der Waals surface area contributed by atoms with Crippen molar-refractivity contribution in [1.82, 2.24) is 19.7 Å². The molecule has 3 aromatic rings. The third-order valence-corrected chi connectivity index (χ3v) is 3.40. The highest BCUT2D eigenvalue weighted by atomic mass is 16.1. The Balaban J connectivity index is 1.80. The van der Waals surface area contributed by atoms with Crippen molar-refractivity contribution < 1.29 is 4.79 Å². The van der Waals surface area contributed by atoms with E-state index in [1.54, 1.807) is 10.9 Å². The second kappa shape index (κ2) is 4.85. The second-order valence-electron chi connectivity index (χ2n) is 4.85. The number of hydrogen-bond acceptors (Lipinski definition) is 2. The first-order chi connectivity index (χ1) is 9.65. The predicted molar refractivity (Wildman–Crippen MR) is 77.3 cm³/mol. The first-order valence-electron chi connectivity index (χ1n) is 6.45. The highest BCUT2D eigenvalue weighted by Crippen LogP contribution is 2.18. The molecule has 0 fully saturated rings. The lowest BCUT2D eigenvalue weighted by Gasteiger charge is -2.05. The Bertz CT molecular complexity index is 769. The van der Waals surface area contributed by atoms with E-state index in [1.165, 1.54) is 0 Å². The van der Waals surface area contributed by atoms with Gasteiger partial charge in [-0.15, -0.1) is 0 Å². The van der Waals surface area contributed by atoms with Crippen LogP contribution in [0.1, 0.15) is 16.1 Å². The molecule has 5 heteroatoms. The first-order valence-corrected chi connectivity index (χ1v) is 6.45. The van der Waals surface area contributed by atoms with Gasteiger partial charge in [-0.2, -0.15) is 5.10 Å². The smallest absolute Gasteiger partial charge is 0.268 e. The number of nitrogens with zero attached hydrogens (tertiary/aromatic N) is 3. The monoisotopic (exact) mass is 268 g/mol. The van der Waals surface area contributed by atoms with Crippen LogP contribution in [0.5, 0.6) is 0 Å². The van der Waals surface area contributed by atoms with Crippen LogP contribution >= 0.6 is 0 Å². The summed E-state index contributed by atoms with van der Waals surface area (Å²) < 4.78 is 3.63. The minimum Gasteiger partial charge on any atom is -0.347 e. The number of amides is 1. The molecule has 0 aliphatic rings. The van der Waals surface area contributed by atoms with Gasteiger partial charge < -0.3 is 9.88 Å². The third kappa shape index (κ3) is 2.18. The van der Waals surface area contributed by atoms with E-state index in [9.17, 15) is 4.79 Å². The lowest BCUT2D eigenvalue weighted by atomic mass is 10.2. The number of aryl methyl sites for hydroxylation is 2. The molecule has 1 amide bonds. The Hall–Kier alpha value is -2.56. The molecule has 0 saturated carbocycles. The van der Waals surface area contributed by atoms with Crippen molar-refractivity contribution in [2.45, 2.75) is 6.54 Å². The molecule has 0 unspecified atom stereocenters. The van der Waals surface area contributed by atoms with Crippen LogP contribution in [0.4, 0.5) is 0 Å². The van der Waals surface area contributed by atoms with Gasteiger partial charge in [0.25, 0.3) is 5.91 Å². The molecule has 5 nitrogen and oxygen atoms in total. The van der Waals surface area contributed by atoms with Gasteiger partial charge in [-0.1, -0.05) is 18.2 Å². The molecular weight excluding hydrogens is 252 g/mol. The van der Waals surface area contributed by atoms with Crippen molar-refractivity contribution in [3.05, 3.63) is 54.0 Å². The SMILES string of the molecule is Cn1cc(CNC(=O)c2cc3ccccc3n2C)cn1. The topological polar surface area (TPSA) is 51.9 Å². The van der Waals surface area contributed by atoms with Gasteiger partial charge in [0.15, 0.2) is 0 Å². The molecule has 0 aliphatic carbocycles. The van der Waals surface area contributed by atoms with E-state index in [1.807, 2.05) is 55.2 Å². The summed E-state index contributed by atoms with van der Waals surface area (Å²) in [5, 5.41) is 8.07. The number of para-hydroxylation sites is 1. The van der Waals surface area contributed by atoms with E-state index in [4.69, 9.17) is 0 Å². The van der Waals surface area contributed by atoms with Crippen molar-refractivity contribution >= 4 is 16.8 Å². The quantitative estimate of drug-likeness (QED) is 0.788. The molecule has 1 aromatic carbocycles. The largest absolute Gasteiger partial charge is 0.347 e. The molecule has 0 spiro atoms. The fourth-order valence-electron chi connectivity index (χ4n) is 2.34. The zero-order valence-corrected chi connectivity index (χ0v) is 11.5. The summed E-state index contributed by atoms with van der Waals surface area (Å²) >= 11 is 0. The van der Waals surface area contributed by atoms with Crippen LogP contribution in [0.3, 0.4) is 0 Å². The average molecular weight is 268 g/mol. The van der Waals surface area contributed by atoms with Crippen LogP contribution in [0.2, 0.25) is 0 Å². The van der Waals surface area contributed by atoms with E-state index in [0.29, 0.717) is 12.2 Å². The average Bonchev–Trinajstić information content (AvgIpc) is 3.01. The molecule has 1 N–H and O–H groups in total. The van der Waals surface area contributed by atoms with E-state index < -0.39 is 0 Å². The zero-order valence-electron chi connectivity index (χ0n) is 11.5. The van der Waals surface area contributed by atoms with Gasteiger partial charge in [0.2, 0.25) is 0 Å². The number of aromatic nitrogens is 3.